The van der Waals surface area contributed by atoms with Gasteiger partial charge in [0.05, 0.1) is 27.8 Å². The molecule has 2 saturated heterocycles. The Hall–Kier alpha value is -2.28. The number of benzene rings is 1. The van der Waals surface area contributed by atoms with E-state index in [-0.39, 0.29) is 30.1 Å². The van der Waals surface area contributed by atoms with Gasteiger partial charge in [-0.1, -0.05) is 12.1 Å². The number of amides is 1. The molecule has 0 aromatic heterocycles. The molecule has 2 aliphatic heterocycles. The summed E-state index contributed by atoms with van der Waals surface area (Å²) in [5.41, 5.74) is 1.26. The SMILES string of the molecule is COC(=O)CCC(=O)N1CCC2(CCCN(Cc3cccc(OC)c3OC)C2)C1. The Labute approximate surface area is 172 Å². The molecule has 1 aromatic carbocycles. The number of nitrogens with zero attached hydrogens (tertiary/aromatic N) is 2. The first-order valence-electron chi connectivity index (χ1n) is 10.3. The fourth-order valence-electron chi connectivity index (χ4n) is 4.71. The zero-order chi connectivity index (χ0) is 20.9. The maximum atomic E-state index is 12.5. The van der Waals surface area contributed by atoms with Crippen LogP contribution in [0, 0.1) is 5.41 Å². The lowest BCUT2D eigenvalue weighted by Crippen LogP contribution is -2.45. The van der Waals surface area contributed by atoms with E-state index >= 15 is 0 Å². The largest absolute Gasteiger partial charge is 0.493 e. The Kier molecular flexibility index (Phi) is 7.00. The van der Waals surface area contributed by atoms with Crippen LogP contribution in [0.25, 0.3) is 0 Å². The van der Waals surface area contributed by atoms with Crippen molar-refractivity contribution < 1.29 is 23.8 Å². The molecule has 2 aliphatic rings. The van der Waals surface area contributed by atoms with Gasteiger partial charge in [-0.2, -0.15) is 0 Å². The van der Waals surface area contributed by atoms with Crippen LogP contribution in [0.4, 0.5) is 0 Å². The van der Waals surface area contributed by atoms with Gasteiger partial charge in [-0.3, -0.25) is 14.5 Å². The van der Waals surface area contributed by atoms with E-state index in [1.54, 1.807) is 14.2 Å². The average molecular weight is 405 g/mol. The third-order valence-electron chi connectivity index (χ3n) is 6.18. The van der Waals surface area contributed by atoms with Gasteiger partial charge >= 0.3 is 5.97 Å². The molecule has 1 amide bonds. The second-order valence-corrected chi connectivity index (χ2v) is 8.11. The summed E-state index contributed by atoms with van der Waals surface area (Å²) in [5, 5.41) is 0. The predicted octanol–water partition coefficient (Wildman–Crippen LogP) is 2.47. The fourth-order valence-corrected chi connectivity index (χ4v) is 4.71. The normalized spacial score (nSPS) is 22.0. The molecule has 1 spiro atoms. The minimum absolute atomic E-state index is 0.0545. The van der Waals surface area contributed by atoms with Gasteiger partial charge in [0.1, 0.15) is 0 Å². The Bertz CT molecular complexity index is 738. The van der Waals surface area contributed by atoms with Crippen LogP contribution in [0.3, 0.4) is 0 Å². The van der Waals surface area contributed by atoms with Gasteiger partial charge in [0.15, 0.2) is 11.5 Å². The maximum Gasteiger partial charge on any atom is 0.306 e. The van der Waals surface area contributed by atoms with E-state index in [1.807, 2.05) is 17.0 Å². The second kappa shape index (κ2) is 9.48. The molecule has 160 valence electrons. The van der Waals surface area contributed by atoms with Crippen LogP contribution in [0.2, 0.25) is 0 Å². The molecule has 0 bridgehead atoms. The van der Waals surface area contributed by atoms with Crippen LogP contribution in [0.15, 0.2) is 18.2 Å². The van der Waals surface area contributed by atoms with Crippen molar-refractivity contribution in [3.8, 4) is 11.5 Å². The number of carbonyl (C=O) groups is 2. The average Bonchev–Trinajstić information content (AvgIpc) is 3.14. The molecule has 7 heteroatoms. The van der Waals surface area contributed by atoms with Gasteiger partial charge in [0, 0.05) is 43.6 Å². The molecule has 2 fully saturated rings. The third kappa shape index (κ3) is 5.01. The van der Waals surface area contributed by atoms with Crippen LogP contribution >= 0.6 is 0 Å². The van der Waals surface area contributed by atoms with Gasteiger partial charge in [-0.05, 0) is 31.9 Å². The van der Waals surface area contributed by atoms with Gasteiger partial charge in [0.2, 0.25) is 5.91 Å². The van der Waals surface area contributed by atoms with Crippen molar-refractivity contribution in [2.24, 2.45) is 5.41 Å². The van der Waals surface area contributed by atoms with Crippen LogP contribution < -0.4 is 9.47 Å². The van der Waals surface area contributed by atoms with Gasteiger partial charge < -0.3 is 19.1 Å². The Morgan fingerprint density at radius 1 is 1.03 bits per heavy atom. The number of piperidine rings is 1. The number of rotatable bonds is 7. The molecular weight excluding hydrogens is 372 g/mol. The molecule has 0 aliphatic carbocycles. The van der Waals surface area contributed by atoms with E-state index in [1.165, 1.54) is 7.11 Å². The summed E-state index contributed by atoms with van der Waals surface area (Å²) < 4.78 is 15.7. The lowest BCUT2D eigenvalue weighted by Gasteiger charge is -2.40. The smallest absolute Gasteiger partial charge is 0.306 e. The summed E-state index contributed by atoms with van der Waals surface area (Å²) in [5.74, 6) is 1.27. The number of hydrogen-bond acceptors (Lipinski definition) is 6. The van der Waals surface area contributed by atoms with Crippen LogP contribution in [0.5, 0.6) is 11.5 Å². The molecule has 2 heterocycles. The molecule has 1 aromatic rings. The quantitative estimate of drug-likeness (QED) is 0.651. The van der Waals surface area contributed by atoms with Crippen LogP contribution in [-0.2, 0) is 20.9 Å². The summed E-state index contributed by atoms with van der Waals surface area (Å²) in [4.78, 5) is 28.2. The fraction of sp³-hybridized carbons (Fsp3) is 0.636. The number of carbonyl (C=O) groups excluding carboxylic acids is 2. The highest BCUT2D eigenvalue weighted by Crippen LogP contribution is 2.40. The Morgan fingerprint density at radius 3 is 2.59 bits per heavy atom. The first-order chi connectivity index (χ1) is 14.0. The zero-order valence-electron chi connectivity index (χ0n) is 17.7. The number of para-hydroxylation sites is 1. The highest BCUT2D eigenvalue weighted by molar-refractivity contribution is 5.81. The number of hydrogen-bond donors (Lipinski definition) is 0. The van der Waals surface area contributed by atoms with E-state index in [9.17, 15) is 9.59 Å². The number of likely N-dealkylation sites (tertiary alicyclic amines) is 2. The Balaban J connectivity index is 1.61. The molecule has 1 atom stereocenters. The number of ether oxygens (including phenoxy) is 3. The van der Waals surface area contributed by atoms with Crippen LogP contribution in [0.1, 0.15) is 37.7 Å². The van der Waals surface area contributed by atoms with E-state index < -0.39 is 0 Å². The van der Waals surface area contributed by atoms with E-state index in [0.717, 1.165) is 69.0 Å². The van der Waals surface area contributed by atoms with Crippen molar-refractivity contribution in [3.05, 3.63) is 23.8 Å². The first-order valence-corrected chi connectivity index (χ1v) is 10.3. The van der Waals surface area contributed by atoms with Crippen LogP contribution in [-0.4, -0.2) is 69.2 Å². The van der Waals surface area contributed by atoms with E-state index in [2.05, 4.69) is 15.7 Å². The summed E-state index contributed by atoms with van der Waals surface area (Å²) in [7, 11) is 4.68. The van der Waals surface area contributed by atoms with Crippen molar-refractivity contribution in [3.63, 3.8) is 0 Å². The van der Waals surface area contributed by atoms with Gasteiger partial charge in [-0.15, -0.1) is 0 Å². The standard InChI is InChI=1S/C22H32N2O5/c1-27-18-7-4-6-17(21(18)29-3)14-23-12-5-10-22(15-23)11-13-24(16-22)19(25)8-9-20(26)28-2/h4,6-7H,5,8-16H2,1-3H3. The molecule has 0 saturated carbocycles. The lowest BCUT2D eigenvalue weighted by atomic mass is 9.79. The van der Waals surface area contributed by atoms with Crippen molar-refractivity contribution in [1.29, 1.82) is 0 Å². The summed E-state index contributed by atoms with van der Waals surface area (Å²) in [6.45, 7) is 4.36. The monoisotopic (exact) mass is 404 g/mol. The topological polar surface area (TPSA) is 68.3 Å². The molecule has 29 heavy (non-hydrogen) atoms. The highest BCUT2D eigenvalue weighted by atomic mass is 16.5. The molecule has 0 N–H and O–H groups in total. The highest BCUT2D eigenvalue weighted by Gasteiger charge is 2.42. The van der Waals surface area contributed by atoms with Crippen molar-refractivity contribution >= 4 is 11.9 Å². The van der Waals surface area contributed by atoms with Gasteiger partial charge in [-0.25, -0.2) is 0 Å². The van der Waals surface area contributed by atoms with E-state index in [0.29, 0.717) is 0 Å². The predicted molar refractivity (Wildman–Crippen MR) is 109 cm³/mol. The summed E-state index contributed by atoms with van der Waals surface area (Å²) >= 11 is 0. The molecule has 1 unspecified atom stereocenters. The summed E-state index contributed by atoms with van der Waals surface area (Å²) in [6, 6.07) is 5.99. The minimum atomic E-state index is -0.330. The minimum Gasteiger partial charge on any atom is -0.493 e. The lowest BCUT2D eigenvalue weighted by molar-refractivity contribution is -0.143. The van der Waals surface area contributed by atoms with Crippen molar-refractivity contribution in [1.82, 2.24) is 9.80 Å². The third-order valence-corrected chi connectivity index (χ3v) is 6.18. The first kappa shape index (κ1) is 21.4. The molecule has 7 nitrogen and oxygen atoms in total. The van der Waals surface area contributed by atoms with Gasteiger partial charge in [0.25, 0.3) is 0 Å². The molecule has 0 radical (unpaired) electrons. The Morgan fingerprint density at radius 2 is 1.86 bits per heavy atom. The number of methoxy groups -OCH3 is 3. The van der Waals surface area contributed by atoms with Crippen molar-refractivity contribution in [2.75, 3.05) is 47.5 Å². The zero-order valence-corrected chi connectivity index (χ0v) is 17.7. The molecular formula is C22H32N2O5. The molecule has 3 rings (SSSR count). The van der Waals surface area contributed by atoms with E-state index in [4.69, 9.17) is 9.47 Å². The second-order valence-electron chi connectivity index (χ2n) is 8.11. The maximum absolute atomic E-state index is 12.5. The number of esters is 1. The van der Waals surface area contributed by atoms with Crippen molar-refractivity contribution in [2.45, 2.75) is 38.6 Å². The summed E-state index contributed by atoms with van der Waals surface area (Å²) in [6.07, 6.45) is 3.66.